The van der Waals surface area contributed by atoms with E-state index in [0.717, 1.165) is 30.2 Å². The molecule has 0 saturated carbocycles. The number of unbranched alkanes of at least 4 members (excludes halogenated alkanes) is 4. The Morgan fingerprint density at radius 2 is 1.63 bits per heavy atom. The van der Waals surface area contributed by atoms with Gasteiger partial charge in [-0.15, -0.1) is 0 Å². The molecule has 0 aliphatic heterocycles. The van der Waals surface area contributed by atoms with Gasteiger partial charge in [-0.25, -0.2) is 0 Å². The van der Waals surface area contributed by atoms with E-state index in [2.05, 4.69) is 12.2 Å². The molecule has 0 bridgehead atoms. The highest BCUT2D eigenvalue weighted by atomic mass is 16.5. The van der Waals surface area contributed by atoms with Crippen LogP contribution < -0.4 is 15.0 Å². The molecule has 0 fully saturated rings. The number of carbonyl (C=O) groups excluding carboxylic acids is 1. The lowest BCUT2D eigenvalue weighted by Gasteiger charge is -2.21. The first-order valence-corrected chi connectivity index (χ1v) is 10.1. The van der Waals surface area contributed by atoms with E-state index >= 15 is 0 Å². The lowest BCUT2D eigenvalue weighted by atomic mass is 10.2. The summed E-state index contributed by atoms with van der Waals surface area (Å²) in [5.41, 5.74) is 1.84. The Balaban J connectivity index is 1.75. The number of ether oxygens (including phenoxy) is 1. The van der Waals surface area contributed by atoms with E-state index in [1.807, 2.05) is 61.5 Å². The van der Waals surface area contributed by atoms with Gasteiger partial charge >= 0.3 is 0 Å². The normalized spacial score (nSPS) is 10.4. The molecule has 4 nitrogen and oxygen atoms in total. The molecule has 0 aromatic heterocycles. The number of para-hydroxylation sites is 1. The van der Waals surface area contributed by atoms with Crippen LogP contribution in [-0.2, 0) is 4.79 Å². The number of anilines is 2. The van der Waals surface area contributed by atoms with Crippen molar-refractivity contribution in [3.63, 3.8) is 0 Å². The smallest absolute Gasteiger partial charge is 0.246 e. The maximum Gasteiger partial charge on any atom is 0.246 e. The zero-order valence-corrected chi connectivity index (χ0v) is 16.6. The molecule has 0 unspecified atom stereocenters. The van der Waals surface area contributed by atoms with Gasteiger partial charge in [0.25, 0.3) is 0 Å². The second-order valence-electron chi connectivity index (χ2n) is 6.61. The van der Waals surface area contributed by atoms with Gasteiger partial charge in [0.15, 0.2) is 0 Å². The summed E-state index contributed by atoms with van der Waals surface area (Å²) < 4.78 is 5.78. The Kier molecular flexibility index (Phi) is 9.25. The van der Waals surface area contributed by atoms with Gasteiger partial charge in [-0.05, 0) is 49.7 Å². The molecule has 0 saturated heterocycles. The number of hydrogen-bond acceptors (Lipinski definition) is 3. The van der Waals surface area contributed by atoms with Crippen LogP contribution in [0, 0.1) is 0 Å². The minimum Gasteiger partial charge on any atom is -0.494 e. The molecule has 1 N–H and O–H groups in total. The summed E-state index contributed by atoms with van der Waals surface area (Å²) >= 11 is 0. The zero-order chi connectivity index (χ0) is 19.3. The third-order valence-corrected chi connectivity index (χ3v) is 4.50. The van der Waals surface area contributed by atoms with Crippen LogP contribution in [0.25, 0.3) is 0 Å². The summed E-state index contributed by atoms with van der Waals surface area (Å²) in [6.45, 7) is 5.88. The van der Waals surface area contributed by atoms with Crippen LogP contribution in [0.4, 0.5) is 11.4 Å². The van der Waals surface area contributed by atoms with Gasteiger partial charge in [0.05, 0.1) is 13.2 Å². The Labute approximate surface area is 163 Å². The Hall–Kier alpha value is -2.49. The molecule has 1 amide bonds. The van der Waals surface area contributed by atoms with Gasteiger partial charge in [-0.1, -0.05) is 50.8 Å². The van der Waals surface area contributed by atoms with Gasteiger partial charge in [-0.3, -0.25) is 4.79 Å². The SMILES string of the molecule is CCCCCCCOc1ccc(NCC(=O)N(CC)c2ccccc2)cc1. The van der Waals surface area contributed by atoms with Crippen LogP contribution in [0.3, 0.4) is 0 Å². The summed E-state index contributed by atoms with van der Waals surface area (Å²) in [7, 11) is 0. The van der Waals surface area contributed by atoms with E-state index in [4.69, 9.17) is 4.74 Å². The molecular weight excluding hydrogens is 336 g/mol. The number of hydrogen-bond donors (Lipinski definition) is 1. The van der Waals surface area contributed by atoms with Gasteiger partial charge < -0.3 is 15.0 Å². The molecule has 4 heteroatoms. The predicted octanol–water partition coefficient (Wildman–Crippen LogP) is 5.50. The van der Waals surface area contributed by atoms with E-state index in [9.17, 15) is 4.79 Å². The lowest BCUT2D eigenvalue weighted by molar-refractivity contribution is -0.116. The van der Waals surface area contributed by atoms with Crippen molar-refractivity contribution in [1.82, 2.24) is 0 Å². The van der Waals surface area contributed by atoms with Crippen LogP contribution in [0.1, 0.15) is 46.0 Å². The first kappa shape index (κ1) is 20.8. The summed E-state index contributed by atoms with van der Waals surface area (Å²) in [6.07, 6.45) is 6.18. The summed E-state index contributed by atoms with van der Waals surface area (Å²) in [5.74, 6) is 0.929. The lowest BCUT2D eigenvalue weighted by Crippen LogP contribution is -2.35. The molecule has 0 aliphatic rings. The maximum absolute atomic E-state index is 12.5. The molecule has 0 heterocycles. The molecule has 27 heavy (non-hydrogen) atoms. The van der Waals surface area contributed by atoms with Crippen molar-refractivity contribution in [2.75, 3.05) is 29.9 Å². The standard InChI is InChI=1S/C23H32N2O2/c1-3-5-6-7-11-18-27-22-16-14-20(15-17-22)24-19-23(26)25(4-2)21-12-9-8-10-13-21/h8-10,12-17,24H,3-7,11,18-19H2,1-2H3. The average Bonchev–Trinajstić information content (AvgIpc) is 2.71. The summed E-state index contributed by atoms with van der Waals surface area (Å²) in [6, 6.07) is 17.6. The molecule has 146 valence electrons. The number of nitrogens with one attached hydrogen (secondary N) is 1. The minimum absolute atomic E-state index is 0.0519. The van der Waals surface area contributed by atoms with Crippen molar-refractivity contribution >= 4 is 17.3 Å². The topological polar surface area (TPSA) is 41.6 Å². The molecule has 0 aliphatic carbocycles. The monoisotopic (exact) mass is 368 g/mol. The van der Waals surface area contributed by atoms with Crippen LogP contribution in [0.15, 0.2) is 54.6 Å². The minimum atomic E-state index is 0.0519. The van der Waals surface area contributed by atoms with Gasteiger partial charge in [-0.2, -0.15) is 0 Å². The molecule has 2 aromatic rings. The molecule has 0 radical (unpaired) electrons. The number of nitrogens with zero attached hydrogens (tertiary/aromatic N) is 1. The Morgan fingerprint density at radius 1 is 0.926 bits per heavy atom. The van der Waals surface area contributed by atoms with Crippen LogP contribution in [0.5, 0.6) is 5.75 Å². The van der Waals surface area contributed by atoms with Crippen molar-refractivity contribution in [3.8, 4) is 5.75 Å². The third kappa shape index (κ3) is 7.33. The molecule has 0 atom stereocenters. The van der Waals surface area contributed by atoms with Crippen molar-refractivity contribution < 1.29 is 9.53 Å². The van der Waals surface area contributed by atoms with Crippen molar-refractivity contribution in [2.24, 2.45) is 0 Å². The highest BCUT2D eigenvalue weighted by molar-refractivity contribution is 5.96. The fourth-order valence-electron chi connectivity index (χ4n) is 2.95. The number of rotatable bonds is 12. The third-order valence-electron chi connectivity index (χ3n) is 4.50. The number of carbonyl (C=O) groups is 1. The van der Waals surface area contributed by atoms with Crippen LogP contribution in [-0.4, -0.2) is 25.6 Å². The van der Waals surface area contributed by atoms with Crippen molar-refractivity contribution in [2.45, 2.75) is 46.0 Å². The Bertz CT molecular complexity index is 656. The van der Waals surface area contributed by atoms with E-state index in [1.54, 1.807) is 4.90 Å². The average molecular weight is 369 g/mol. The van der Waals surface area contributed by atoms with Gasteiger partial charge in [0, 0.05) is 17.9 Å². The fraction of sp³-hybridized carbons (Fsp3) is 0.435. The number of amides is 1. The Morgan fingerprint density at radius 3 is 2.30 bits per heavy atom. The van der Waals surface area contributed by atoms with Crippen molar-refractivity contribution in [1.29, 1.82) is 0 Å². The fourth-order valence-corrected chi connectivity index (χ4v) is 2.95. The van der Waals surface area contributed by atoms with Crippen LogP contribution >= 0.6 is 0 Å². The first-order valence-electron chi connectivity index (χ1n) is 10.1. The van der Waals surface area contributed by atoms with Gasteiger partial charge in [0.1, 0.15) is 5.75 Å². The molecule has 2 rings (SSSR count). The molecular formula is C23H32N2O2. The van der Waals surface area contributed by atoms with E-state index in [0.29, 0.717) is 6.54 Å². The van der Waals surface area contributed by atoms with E-state index in [-0.39, 0.29) is 12.5 Å². The number of benzene rings is 2. The quantitative estimate of drug-likeness (QED) is 0.503. The second-order valence-corrected chi connectivity index (χ2v) is 6.61. The summed E-state index contributed by atoms with van der Waals surface area (Å²) in [4.78, 5) is 14.3. The highest BCUT2D eigenvalue weighted by Crippen LogP contribution is 2.17. The molecule has 2 aromatic carbocycles. The highest BCUT2D eigenvalue weighted by Gasteiger charge is 2.13. The predicted molar refractivity (Wildman–Crippen MR) is 114 cm³/mol. The largest absolute Gasteiger partial charge is 0.494 e. The zero-order valence-electron chi connectivity index (χ0n) is 16.6. The molecule has 0 spiro atoms. The number of likely N-dealkylation sites (N-methyl/N-ethyl adjacent to an activating group) is 1. The van der Waals surface area contributed by atoms with Crippen molar-refractivity contribution in [3.05, 3.63) is 54.6 Å². The first-order chi connectivity index (χ1) is 13.2. The summed E-state index contributed by atoms with van der Waals surface area (Å²) in [5, 5.41) is 3.20. The van der Waals surface area contributed by atoms with E-state index in [1.165, 1.54) is 25.7 Å². The maximum atomic E-state index is 12.5. The van der Waals surface area contributed by atoms with E-state index < -0.39 is 0 Å². The van der Waals surface area contributed by atoms with Gasteiger partial charge in [0.2, 0.25) is 5.91 Å². The van der Waals surface area contributed by atoms with Crippen LogP contribution in [0.2, 0.25) is 0 Å². The second kappa shape index (κ2) is 12.0.